The van der Waals surface area contributed by atoms with Crippen LogP contribution >= 0.6 is 0 Å². The largest absolute Gasteiger partial charge is 0.456 e. The first kappa shape index (κ1) is 40.0. The molecule has 0 atom stereocenters. The Morgan fingerprint density at radius 3 is 1.35 bits per heavy atom. The van der Waals surface area contributed by atoms with Gasteiger partial charge in [-0.05, 0) is 81.4 Å². The van der Waals surface area contributed by atoms with E-state index < -0.39 is 0 Å². The summed E-state index contributed by atoms with van der Waals surface area (Å²) in [5.41, 5.74) is 15.9. The first-order valence-corrected chi connectivity index (χ1v) is 23.2. The summed E-state index contributed by atoms with van der Waals surface area (Å²) in [4.78, 5) is 21.2. The Morgan fingerprint density at radius 2 is 0.696 bits per heavy atom. The van der Waals surface area contributed by atoms with Gasteiger partial charge in [0, 0.05) is 54.7 Å². The van der Waals surface area contributed by atoms with Gasteiger partial charge in [-0.15, -0.1) is 0 Å². The van der Waals surface area contributed by atoms with Crippen LogP contribution < -0.4 is 0 Å². The highest BCUT2D eigenvalue weighted by Gasteiger charge is 2.23. The number of para-hydroxylation sites is 2. The first-order chi connectivity index (χ1) is 34.2. The van der Waals surface area contributed by atoms with Crippen molar-refractivity contribution in [2.45, 2.75) is 0 Å². The van der Waals surface area contributed by atoms with E-state index in [1.54, 1.807) is 0 Å². The molecule has 3 aromatic heterocycles. The lowest BCUT2D eigenvalue weighted by atomic mass is 9.89. The third-order valence-corrected chi connectivity index (χ3v) is 13.1. The number of hydrogen-bond donors (Lipinski definition) is 0. The molecule has 0 aliphatic rings. The fourth-order valence-electron chi connectivity index (χ4n) is 9.79. The summed E-state index contributed by atoms with van der Waals surface area (Å²) < 4.78 is 6.74. The van der Waals surface area contributed by atoms with Gasteiger partial charge in [-0.25, -0.2) is 19.9 Å². The van der Waals surface area contributed by atoms with Crippen molar-refractivity contribution in [3.8, 4) is 89.9 Å². The second-order valence-electron chi connectivity index (χ2n) is 17.4. The molecular weight excluding hydrogens is 841 g/mol. The van der Waals surface area contributed by atoms with Gasteiger partial charge in [0.1, 0.15) is 11.2 Å². The maximum Gasteiger partial charge on any atom is 0.164 e. The summed E-state index contributed by atoms with van der Waals surface area (Å²) in [7, 11) is 0. The summed E-state index contributed by atoms with van der Waals surface area (Å²) >= 11 is 0. The van der Waals surface area contributed by atoms with E-state index in [0.29, 0.717) is 17.5 Å². The normalized spacial score (nSPS) is 11.5. The van der Waals surface area contributed by atoms with Crippen LogP contribution in [0.5, 0.6) is 0 Å². The molecule has 69 heavy (non-hydrogen) atoms. The highest BCUT2D eigenvalue weighted by atomic mass is 16.3. The maximum absolute atomic E-state index is 6.74. The van der Waals surface area contributed by atoms with Crippen LogP contribution in [0.2, 0.25) is 0 Å². The Hall–Kier alpha value is -9.32. The lowest BCUT2D eigenvalue weighted by Gasteiger charge is -2.16. The number of aromatic nitrogens is 4. The minimum atomic E-state index is 0.566. The van der Waals surface area contributed by atoms with Crippen molar-refractivity contribution >= 4 is 43.6 Å². The topological polar surface area (TPSA) is 64.7 Å². The molecule has 322 valence electrons. The van der Waals surface area contributed by atoms with Crippen LogP contribution in [0.1, 0.15) is 0 Å². The van der Waals surface area contributed by atoms with Gasteiger partial charge >= 0.3 is 0 Å². The molecule has 3 heterocycles. The van der Waals surface area contributed by atoms with Crippen LogP contribution in [0.15, 0.2) is 247 Å². The van der Waals surface area contributed by atoms with Gasteiger partial charge in [0.25, 0.3) is 0 Å². The first-order valence-electron chi connectivity index (χ1n) is 23.2. The molecule has 0 bridgehead atoms. The van der Waals surface area contributed by atoms with E-state index >= 15 is 0 Å². The standard InChI is InChI=1S/C64H40N4O/c1-5-18-41(19-6-1)44-32-34-45(35-33-44)58-59-52-28-13-15-30-55(52)65-61(54(59)40-57-60(58)53-29-14-16-31-56(53)69-57)47-26-17-27-48(36-47)63-66-62(46-24-11-4-12-25-46)67-64(68-63)51-38-49(42-20-7-2-8-21-42)37-50(39-51)43-22-9-3-10-23-43/h1-40H. The minimum absolute atomic E-state index is 0.566. The second-order valence-corrected chi connectivity index (χ2v) is 17.4. The molecule has 5 heteroatoms. The molecule has 0 saturated carbocycles. The van der Waals surface area contributed by atoms with Crippen LogP contribution in [-0.4, -0.2) is 19.9 Å². The number of nitrogens with zero attached hydrogens (tertiary/aromatic N) is 4. The van der Waals surface area contributed by atoms with E-state index in [0.717, 1.165) is 111 Å². The summed E-state index contributed by atoms with van der Waals surface area (Å²) in [6, 6.07) is 84.6. The van der Waals surface area contributed by atoms with Crippen LogP contribution in [-0.2, 0) is 0 Å². The van der Waals surface area contributed by atoms with Gasteiger partial charge in [0.15, 0.2) is 17.5 Å². The maximum atomic E-state index is 6.74. The predicted molar refractivity (Wildman–Crippen MR) is 283 cm³/mol. The summed E-state index contributed by atoms with van der Waals surface area (Å²) in [5, 5.41) is 5.34. The van der Waals surface area contributed by atoms with E-state index in [4.69, 9.17) is 24.4 Å². The van der Waals surface area contributed by atoms with Gasteiger partial charge in [-0.1, -0.05) is 200 Å². The van der Waals surface area contributed by atoms with E-state index in [-0.39, 0.29) is 0 Å². The van der Waals surface area contributed by atoms with E-state index in [1.165, 1.54) is 5.56 Å². The van der Waals surface area contributed by atoms with Crippen molar-refractivity contribution in [2.75, 3.05) is 0 Å². The van der Waals surface area contributed by atoms with Crippen molar-refractivity contribution in [3.05, 3.63) is 243 Å². The molecular formula is C64H40N4O. The Morgan fingerprint density at radius 1 is 0.246 bits per heavy atom. The zero-order chi connectivity index (χ0) is 45.7. The monoisotopic (exact) mass is 880 g/mol. The number of furan rings is 1. The molecule has 0 radical (unpaired) electrons. The van der Waals surface area contributed by atoms with Crippen LogP contribution in [0.25, 0.3) is 134 Å². The molecule has 5 nitrogen and oxygen atoms in total. The average molecular weight is 881 g/mol. The van der Waals surface area contributed by atoms with E-state index in [9.17, 15) is 0 Å². The van der Waals surface area contributed by atoms with Crippen molar-refractivity contribution < 1.29 is 4.42 Å². The molecule has 0 fully saturated rings. The Balaban J connectivity index is 1.03. The van der Waals surface area contributed by atoms with Gasteiger partial charge in [0.2, 0.25) is 0 Å². The summed E-state index contributed by atoms with van der Waals surface area (Å²) in [5.74, 6) is 1.75. The predicted octanol–water partition coefficient (Wildman–Crippen LogP) is 16.8. The lowest BCUT2D eigenvalue weighted by Crippen LogP contribution is -2.01. The highest BCUT2D eigenvalue weighted by Crippen LogP contribution is 2.47. The molecule has 0 aliphatic heterocycles. The van der Waals surface area contributed by atoms with Gasteiger partial charge in [-0.3, -0.25) is 0 Å². The smallest absolute Gasteiger partial charge is 0.164 e. The number of rotatable bonds is 8. The van der Waals surface area contributed by atoms with Crippen LogP contribution in [0, 0.1) is 0 Å². The molecule has 0 saturated heterocycles. The van der Waals surface area contributed by atoms with Gasteiger partial charge in [0.05, 0.1) is 11.2 Å². The average Bonchev–Trinajstić information content (AvgIpc) is 3.81. The zero-order valence-electron chi connectivity index (χ0n) is 37.3. The fraction of sp³-hybridized carbons (Fsp3) is 0. The SMILES string of the molecule is c1ccc(-c2ccc(-c3c4c(cc5c(-c6cccc(-c7nc(-c8ccccc8)nc(-c8cc(-c9ccccc9)cc(-c9ccccc9)c8)n7)c6)nc6ccccc6c35)oc3ccccc34)cc2)cc1. The van der Waals surface area contributed by atoms with Crippen molar-refractivity contribution in [1.29, 1.82) is 0 Å². The number of benzene rings is 10. The van der Waals surface area contributed by atoms with E-state index in [2.05, 4.69) is 194 Å². The molecule has 10 aromatic carbocycles. The number of hydrogen-bond acceptors (Lipinski definition) is 5. The lowest BCUT2D eigenvalue weighted by molar-refractivity contribution is 0.669. The molecule has 0 unspecified atom stereocenters. The second kappa shape index (κ2) is 16.8. The zero-order valence-corrected chi connectivity index (χ0v) is 37.3. The Labute approximate surface area is 398 Å². The molecule has 0 spiro atoms. The molecule has 0 amide bonds. The van der Waals surface area contributed by atoms with E-state index in [1.807, 2.05) is 48.5 Å². The van der Waals surface area contributed by atoms with Crippen LogP contribution in [0.4, 0.5) is 0 Å². The highest BCUT2D eigenvalue weighted by molar-refractivity contribution is 6.27. The third kappa shape index (κ3) is 7.30. The summed E-state index contributed by atoms with van der Waals surface area (Å²) in [6.45, 7) is 0. The van der Waals surface area contributed by atoms with Crippen molar-refractivity contribution in [2.24, 2.45) is 0 Å². The number of fused-ring (bicyclic) bond motifs is 6. The minimum Gasteiger partial charge on any atom is -0.456 e. The van der Waals surface area contributed by atoms with Crippen molar-refractivity contribution in [3.63, 3.8) is 0 Å². The summed E-state index contributed by atoms with van der Waals surface area (Å²) in [6.07, 6.45) is 0. The molecule has 13 aromatic rings. The number of pyridine rings is 1. The molecule has 13 rings (SSSR count). The Bertz CT molecular complexity index is 3980. The quantitative estimate of drug-likeness (QED) is 0.142. The van der Waals surface area contributed by atoms with Gasteiger partial charge < -0.3 is 4.42 Å². The molecule has 0 N–H and O–H groups in total. The third-order valence-electron chi connectivity index (χ3n) is 13.1. The van der Waals surface area contributed by atoms with Crippen LogP contribution in [0.3, 0.4) is 0 Å². The van der Waals surface area contributed by atoms with Crippen molar-refractivity contribution in [1.82, 2.24) is 19.9 Å². The molecule has 0 aliphatic carbocycles. The Kier molecular flexibility index (Phi) is 9.76. The van der Waals surface area contributed by atoms with Gasteiger partial charge in [-0.2, -0.15) is 0 Å². The fourth-order valence-corrected chi connectivity index (χ4v) is 9.79.